The Kier molecular flexibility index (Phi) is 5.93. The first kappa shape index (κ1) is 22.0. The first-order valence-electron chi connectivity index (χ1n) is 10.8. The van der Waals surface area contributed by atoms with Crippen LogP contribution in [-0.2, 0) is 16.6 Å². The smallest absolute Gasteiger partial charge is 0.274 e. The van der Waals surface area contributed by atoms with Crippen LogP contribution in [0.15, 0.2) is 35.5 Å². The Hall–Kier alpha value is -2.23. The molecule has 4 rings (SSSR count). The molecule has 0 unspecified atom stereocenters. The third kappa shape index (κ3) is 4.02. The molecule has 168 valence electrons. The summed E-state index contributed by atoms with van der Waals surface area (Å²) in [7, 11) is 0.366. The molecule has 0 aliphatic carbocycles. The molecule has 3 heterocycles. The maximum atomic E-state index is 13.4. The zero-order valence-corrected chi connectivity index (χ0v) is 19.5. The van der Waals surface area contributed by atoms with E-state index in [1.807, 2.05) is 25.1 Å². The van der Waals surface area contributed by atoms with Crippen molar-refractivity contribution in [1.29, 1.82) is 0 Å². The minimum atomic E-state index is -3.68. The number of carbonyl (C=O) groups is 1. The molecule has 1 aromatic carbocycles. The van der Waals surface area contributed by atoms with Crippen molar-refractivity contribution in [2.24, 2.45) is 5.92 Å². The maximum absolute atomic E-state index is 13.4. The van der Waals surface area contributed by atoms with Crippen molar-refractivity contribution < 1.29 is 13.2 Å². The summed E-state index contributed by atoms with van der Waals surface area (Å²) >= 11 is 0. The fourth-order valence-corrected chi connectivity index (χ4v) is 5.87. The van der Waals surface area contributed by atoms with E-state index in [-0.39, 0.29) is 17.3 Å². The number of fused-ring (bicyclic) bond motifs is 3. The lowest BCUT2D eigenvalue weighted by Gasteiger charge is -2.22. The Balaban J connectivity index is 1.75. The Morgan fingerprint density at radius 1 is 1.26 bits per heavy atom. The first-order chi connectivity index (χ1) is 14.7. The lowest BCUT2D eigenvalue weighted by molar-refractivity contribution is 0.0775. The van der Waals surface area contributed by atoms with Crippen LogP contribution in [0.2, 0.25) is 0 Å². The molecular formula is C22H31N5O3S. The highest BCUT2D eigenvalue weighted by Crippen LogP contribution is 2.32. The summed E-state index contributed by atoms with van der Waals surface area (Å²) in [5.41, 5.74) is 1.53. The van der Waals surface area contributed by atoms with Gasteiger partial charge in [0.1, 0.15) is 11.2 Å². The number of likely N-dealkylation sites (N-methyl/N-ethyl adjacent to an activating group) is 1. The third-order valence-corrected chi connectivity index (χ3v) is 8.17. The van der Waals surface area contributed by atoms with Crippen LogP contribution >= 0.6 is 0 Å². The van der Waals surface area contributed by atoms with Gasteiger partial charge >= 0.3 is 0 Å². The normalized spacial score (nSPS) is 20.7. The third-order valence-electron chi connectivity index (χ3n) is 6.27. The lowest BCUT2D eigenvalue weighted by Crippen LogP contribution is -2.36. The van der Waals surface area contributed by atoms with Crippen LogP contribution in [0.25, 0.3) is 5.69 Å². The zero-order chi connectivity index (χ0) is 22.3. The largest absolute Gasteiger partial charge is 0.336 e. The molecule has 1 fully saturated rings. The molecular weight excluding hydrogens is 414 g/mol. The molecule has 0 N–H and O–H groups in total. The van der Waals surface area contributed by atoms with Gasteiger partial charge < -0.3 is 9.80 Å². The fraction of sp³-hybridized carbons (Fsp3) is 0.545. The molecule has 1 atom stereocenters. The Labute approximate surface area is 184 Å². The van der Waals surface area contributed by atoms with Crippen LogP contribution in [0, 0.1) is 5.92 Å². The minimum absolute atomic E-state index is 0.126. The van der Waals surface area contributed by atoms with E-state index in [0.717, 1.165) is 12.8 Å². The number of amides is 1. The van der Waals surface area contributed by atoms with E-state index in [1.54, 1.807) is 29.1 Å². The van der Waals surface area contributed by atoms with Gasteiger partial charge in [-0.1, -0.05) is 26.0 Å². The summed E-state index contributed by atoms with van der Waals surface area (Å²) in [5.74, 6) is 0.242. The molecule has 9 heteroatoms. The number of sulfonamides is 1. The molecule has 0 spiro atoms. The molecule has 2 aliphatic heterocycles. The number of likely N-dealkylation sites (tertiary alicyclic amines) is 1. The van der Waals surface area contributed by atoms with Gasteiger partial charge in [-0.25, -0.2) is 13.4 Å². The van der Waals surface area contributed by atoms with E-state index in [2.05, 4.69) is 23.7 Å². The molecule has 1 aromatic heterocycles. The number of carbonyl (C=O) groups excluding carboxylic acids is 1. The molecule has 0 saturated carbocycles. The van der Waals surface area contributed by atoms with Crippen molar-refractivity contribution in [3.63, 3.8) is 0 Å². The van der Waals surface area contributed by atoms with Crippen LogP contribution in [0.4, 0.5) is 0 Å². The Bertz CT molecular complexity index is 1080. The van der Waals surface area contributed by atoms with Gasteiger partial charge in [0.2, 0.25) is 10.0 Å². The topological polar surface area (TPSA) is 78.8 Å². The van der Waals surface area contributed by atoms with Crippen molar-refractivity contribution in [3.05, 3.63) is 42.0 Å². The van der Waals surface area contributed by atoms with E-state index in [4.69, 9.17) is 0 Å². The van der Waals surface area contributed by atoms with Gasteiger partial charge in [-0.3, -0.25) is 9.36 Å². The number of nitrogens with zero attached hydrogens (tertiary/aromatic N) is 5. The molecule has 0 radical (unpaired) electrons. The van der Waals surface area contributed by atoms with Crippen molar-refractivity contribution in [2.75, 3.05) is 33.7 Å². The first-order valence-corrected chi connectivity index (χ1v) is 12.3. The van der Waals surface area contributed by atoms with Crippen LogP contribution in [0.1, 0.15) is 42.9 Å². The average molecular weight is 446 g/mol. The van der Waals surface area contributed by atoms with Crippen LogP contribution in [-0.4, -0.2) is 77.8 Å². The average Bonchev–Trinajstić information content (AvgIpc) is 3.36. The summed E-state index contributed by atoms with van der Waals surface area (Å²) in [6, 6.07) is 7.28. The second-order valence-electron chi connectivity index (χ2n) is 9.06. The zero-order valence-electron chi connectivity index (χ0n) is 18.7. The Morgan fingerprint density at radius 2 is 2.00 bits per heavy atom. The van der Waals surface area contributed by atoms with E-state index in [1.165, 1.54) is 4.31 Å². The SMILES string of the molecule is CC(C)CCN1Cc2c(C(=O)N3CC[C@@H](N(C)C)C3)ncn2-c2ccccc2S1(=O)=O. The number of rotatable bonds is 5. The van der Waals surface area contributed by atoms with E-state index >= 15 is 0 Å². The van der Waals surface area contributed by atoms with Gasteiger partial charge in [-0.05, 0) is 45.0 Å². The summed E-state index contributed by atoms with van der Waals surface area (Å²) in [6.07, 6.45) is 3.25. The molecule has 2 aliphatic rings. The van der Waals surface area contributed by atoms with Gasteiger partial charge in [-0.2, -0.15) is 4.31 Å². The lowest BCUT2D eigenvalue weighted by atomic mass is 10.1. The standard InChI is InChI=1S/C22H31N5O3S/c1-16(2)9-12-26-14-19-21(22(28)25-11-10-17(13-25)24(3)4)23-15-27(19)18-7-5-6-8-20(18)31(26,29)30/h5-8,15-17H,9-14H2,1-4H3/t17-/m1/s1. The van der Waals surface area contributed by atoms with Gasteiger partial charge in [0.15, 0.2) is 5.69 Å². The van der Waals surface area contributed by atoms with Gasteiger partial charge in [0.25, 0.3) is 5.91 Å². The summed E-state index contributed by atoms with van der Waals surface area (Å²) in [4.78, 5) is 22.1. The summed E-state index contributed by atoms with van der Waals surface area (Å²) in [6.45, 7) is 6.03. The number of hydrogen-bond acceptors (Lipinski definition) is 5. The quantitative estimate of drug-likeness (QED) is 0.705. The molecule has 1 saturated heterocycles. The molecule has 31 heavy (non-hydrogen) atoms. The predicted octanol–water partition coefficient (Wildman–Crippen LogP) is 2.20. The molecule has 0 bridgehead atoms. The highest BCUT2D eigenvalue weighted by atomic mass is 32.2. The van der Waals surface area contributed by atoms with Crippen LogP contribution < -0.4 is 0 Å². The van der Waals surface area contributed by atoms with Gasteiger partial charge in [-0.15, -0.1) is 0 Å². The number of benzene rings is 1. The van der Waals surface area contributed by atoms with Crippen LogP contribution in [0.5, 0.6) is 0 Å². The van der Waals surface area contributed by atoms with Gasteiger partial charge in [0, 0.05) is 25.7 Å². The summed E-state index contributed by atoms with van der Waals surface area (Å²) in [5, 5.41) is 0. The highest BCUT2D eigenvalue weighted by molar-refractivity contribution is 7.89. The van der Waals surface area contributed by atoms with Crippen molar-refractivity contribution in [1.82, 2.24) is 23.7 Å². The molecule has 8 nitrogen and oxygen atoms in total. The van der Waals surface area contributed by atoms with Crippen molar-refractivity contribution in [2.45, 2.75) is 44.2 Å². The fourth-order valence-electron chi connectivity index (χ4n) is 4.28. The highest BCUT2D eigenvalue weighted by Gasteiger charge is 2.36. The summed E-state index contributed by atoms with van der Waals surface area (Å²) < 4.78 is 30.2. The maximum Gasteiger partial charge on any atom is 0.274 e. The number of para-hydroxylation sites is 1. The van der Waals surface area contributed by atoms with E-state index in [9.17, 15) is 13.2 Å². The number of imidazole rings is 1. The van der Waals surface area contributed by atoms with E-state index < -0.39 is 10.0 Å². The number of aromatic nitrogens is 2. The predicted molar refractivity (Wildman–Crippen MR) is 119 cm³/mol. The van der Waals surface area contributed by atoms with Crippen LogP contribution in [0.3, 0.4) is 0 Å². The Morgan fingerprint density at radius 3 is 2.68 bits per heavy atom. The van der Waals surface area contributed by atoms with Gasteiger partial charge in [0.05, 0.1) is 17.9 Å². The van der Waals surface area contributed by atoms with Crippen molar-refractivity contribution >= 4 is 15.9 Å². The van der Waals surface area contributed by atoms with E-state index in [0.29, 0.717) is 48.7 Å². The molecule has 2 aromatic rings. The second-order valence-corrected chi connectivity index (χ2v) is 11.0. The second kappa shape index (κ2) is 8.37. The monoisotopic (exact) mass is 445 g/mol. The van der Waals surface area contributed by atoms with Crippen molar-refractivity contribution in [3.8, 4) is 5.69 Å². The molecule has 1 amide bonds. The number of hydrogen-bond donors (Lipinski definition) is 0. The minimum Gasteiger partial charge on any atom is -0.336 e.